The van der Waals surface area contributed by atoms with E-state index in [1.165, 1.54) is 23.5 Å². The fraction of sp³-hybridized carbons (Fsp3) is 0.133. The van der Waals surface area contributed by atoms with Gasteiger partial charge < -0.3 is 19.8 Å². The molecule has 126 valence electrons. The largest absolute Gasteiger partial charge is 0.497 e. The third kappa shape index (κ3) is 3.57. The summed E-state index contributed by atoms with van der Waals surface area (Å²) in [5, 5.41) is 3.12. The first-order valence-corrected chi connectivity index (χ1v) is 9.38. The molecule has 0 aliphatic rings. The monoisotopic (exact) mass is 368 g/mol. The Balaban J connectivity index is 1.95. The van der Waals surface area contributed by atoms with E-state index in [9.17, 15) is 18.7 Å². The first-order valence-electron chi connectivity index (χ1n) is 6.88. The maximum absolute atomic E-state index is 13.0. The molecule has 0 aliphatic carbocycles. The van der Waals surface area contributed by atoms with Crippen LogP contribution >= 0.6 is 18.9 Å². The second kappa shape index (κ2) is 6.49. The third-order valence-electron chi connectivity index (χ3n) is 3.38. The van der Waals surface area contributed by atoms with Crippen molar-refractivity contribution in [1.82, 2.24) is 4.98 Å². The van der Waals surface area contributed by atoms with Crippen molar-refractivity contribution in [2.45, 2.75) is 5.78 Å². The van der Waals surface area contributed by atoms with Gasteiger partial charge in [0.05, 0.1) is 17.3 Å². The SMILES string of the molecule is COc1ccc2nc(NC(c3ccc(F)cc3)P(=O)(O)O)sc2c1. The van der Waals surface area contributed by atoms with Gasteiger partial charge in [-0.3, -0.25) is 4.57 Å². The maximum Gasteiger partial charge on any atom is 0.352 e. The van der Waals surface area contributed by atoms with Crippen LogP contribution in [-0.2, 0) is 4.57 Å². The summed E-state index contributed by atoms with van der Waals surface area (Å²) in [6.45, 7) is 0. The molecule has 0 bridgehead atoms. The fourth-order valence-corrected chi connectivity index (χ4v) is 4.08. The molecule has 9 heteroatoms. The molecule has 2 aromatic carbocycles. The molecule has 0 aliphatic heterocycles. The van der Waals surface area contributed by atoms with E-state index in [2.05, 4.69) is 10.3 Å². The van der Waals surface area contributed by atoms with Crippen molar-refractivity contribution in [2.75, 3.05) is 12.4 Å². The summed E-state index contributed by atoms with van der Waals surface area (Å²) in [6, 6.07) is 10.3. The van der Waals surface area contributed by atoms with E-state index >= 15 is 0 Å². The van der Waals surface area contributed by atoms with E-state index in [0.717, 1.165) is 16.8 Å². The highest BCUT2D eigenvalue weighted by Crippen LogP contribution is 2.52. The third-order valence-corrected chi connectivity index (χ3v) is 5.43. The summed E-state index contributed by atoms with van der Waals surface area (Å²) in [5.74, 6) is -1.11. The number of thiazole rings is 1. The number of hydrogen-bond donors (Lipinski definition) is 3. The lowest BCUT2D eigenvalue weighted by atomic mass is 10.2. The van der Waals surface area contributed by atoms with Crippen molar-refractivity contribution in [3.05, 3.63) is 53.8 Å². The quantitative estimate of drug-likeness (QED) is 0.595. The van der Waals surface area contributed by atoms with Gasteiger partial charge in [-0.25, -0.2) is 9.37 Å². The Morgan fingerprint density at radius 2 is 1.96 bits per heavy atom. The lowest BCUT2D eigenvalue weighted by Crippen LogP contribution is -2.11. The topological polar surface area (TPSA) is 91.7 Å². The standard InChI is InChI=1S/C15H14FN2O4PS/c1-22-11-6-7-12-13(8-11)24-15(17-12)18-14(23(19,20)21)9-2-4-10(16)5-3-9/h2-8,14H,1H3,(H,17,18)(H2,19,20,21). The number of aromatic nitrogens is 1. The number of hydrogen-bond acceptors (Lipinski definition) is 5. The molecular weight excluding hydrogens is 354 g/mol. The Morgan fingerprint density at radius 1 is 1.25 bits per heavy atom. The van der Waals surface area contributed by atoms with Crippen LogP contribution < -0.4 is 10.1 Å². The minimum atomic E-state index is -4.53. The van der Waals surface area contributed by atoms with Gasteiger partial charge in [0.1, 0.15) is 11.6 Å². The summed E-state index contributed by atoms with van der Waals surface area (Å²) in [6.07, 6.45) is 0. The zero-order chi connectivity index (χ0) is 17.3. The van der Waals surface area contributed by atoms with Gasteiger partial charge in [0.2, 0.25) is 0 Å². The normalized spacial score (nSPS) is 13.0. The predicted molar refractivity (Wildman–Crippen MR) is 91.0 cm³/mol. The van der Waals surface area contributed by atoms with Crippen molar-refractivity contribution in [2.24, 2.45) is 0 Å². The van der Waals surface area contributed by atoms with Crippen LogP contribution in [0.25, 0.3) is 10.2 Å². The van der Waals surface area contributed by atoms with Gasteiger partial charge in [0.15, 0.2) is 10.9 Å². The average molecular weight is 368 g/mol. The van der Waals surface area contributed by atoms with Crippen LogP contribution in [-0.4, -0.2) is 21.9 Å². The molecule has 1 atom stereocenters. The summed E-state index contributed by atoms with van der Waals surface area (Å²) >= 11 is 1.25. The zero-order valence-electron chi connectivity index (χ0n) is 12.5. The first-order chi connectivity index (χ1) is 11.4. The van der Waals surface area contributed by atoms with Gasteiger partial charge in [0, 0.05) is 0 Å². The minimum Gasteiger partial charge on any atom is -0.497 e. The Bertz CT molecular complexity index is 909. The van der Waals surface area contributed by atoms with E-state index in [1.54, 1.807) is 25.3 Å². The van der Waals surface area contributed by atoms with Crippen LogP contribution in [0.4, 0.5) is 9.52 Å². The number of methoxy groups -OCH3 is 1. The molecular formula is C15H14FN2O4PS. The Kier molecular flexibility index (Phi) is 4.56. The summed E-state index contributed by atoms with van der Waals surface area (Å²) in [5.41, 5.74) is 0.966. The van der Waals surface area contributed by atoms with Crippen molar-refractivity contribution in [3.63, 3.8) is 0 Å². The summed E-state index contributed by atoms with van der Waals surface area (Å²) in [4.78, 5) is 23.6. The zero-order valence-corrected chi connectivity index (χ0v) is 14.2. The van der Waals surface area contributed by atoms with E-state index < -0.39 is 19.2 Å². The maximum atomic E-state index is 13.0. The second-order valence-electron chi connectivity index (χ2n) is 5.04. The minimum absolute atomic E-state index is 0.279. The molecule has 1 unspecified atom stereocenters. The van der Waals surface area contributed by atoms with Gasteiger partial charge in [-0.15, -0.1) is 0 Å². The molecule has 0 saturated carbocycles. The molecule has 0 spiro atoms. The summed E-state index contributed by atoms with van der Waals surface area (Å²) < 4.78 is 30.8. The number of anilines is 1. The van der Waals surface area contributed by atoms with Crippen LogP contribution in [0.5, 0.6) is 5.75 Å². The second-order valence-corrected chi connectivity index (χ2v) is 7.77. The van der Waals surface area contributed by atoms with Crippen molar-refractivity contribution in [3.8, 4) is 5.75 Å². The smallest absolute Gasteiger partial charge is 0.352 e. The highest BCUT2D eigenvalue weighted by atomic mass is 32.1. The fourth-order valence-electron chi connectivity index (χ4n) is 2.22. The van der Waals surface area contributed by atoms with Crippen LogP contribution in [0.1, 0.15) is 11.3 Å². The molecule has 0 radical (unpaired) electrons. The van der Waals surface area contributed by atoms with Crippen molar-refractivity contribution in [1.29, 1.82) is 0 Å². The van der Waals surface area contributed by atoms with Crippen LogP contribution in [0.3, 0.4) is 0 Å². The Hall–Kier alpha value is -1.99. The van der Waals surface area contributed by atoms with Gasteiger partial charge in [-0.1, -0.05) is 23.5 Å². The summed E-state index contributed by atoms with van der Waals surface area (Å²) in [7, 11) is -2.97. The number of fused-ring (bicyclic) bond motifs is 1. The van der Waals surface area contributed by atoms with Gasteiger partial charge in [-0.05, 0) is 35.9 Å². The van der Waals surface area contributed by atoms with E-state index in [4.69, 9.17) is 4.74 Å². The number of benzene rings is 2. The lowest BCUT2D eigenvalue weighted by Gasteiger charge is -2.19. The predicted octanol–water partition coefficient (Wildman–Crippen LogP) is 3.73. The first kappa shape index (κ1) is 16.9. The molecule has 24 heavy (non-hydrogen) atoms. The van der Waals surface area contributed by atoms with Gasteiger partial charge in [-0.2, -0.15) is 0 Å². The molecule has 0 saturated heterocycles. The molecule has 0 fully saturated rings. The van der Waals surface area contributed by atoms with Crippen LogP contribution in [0, 0.1) is 5.82 Å². The Morgan fingerprint density at radius 3 is 2.58 bits per heavy atom. The molecule has 3 rings (SSSR count). The number of nitrogens with one attached hydrogen (secondary N) is 1. The molecule has 0 amide bonds. The number of nitrogens with zero attached hydrogens (tertiary/aromatic N) is 1. The van der Waals surface area contributed by atoms with Crippen molar-refractivity contribution < 1.29 is 23.5 Å². The van der Waals surface area contributed by atoms with Crippen LogP contribution in [0.2, 0.25) is 0 Å². The van der Waals surface area contributed by atoms with Gasteiger partial charge in [0.25, 0.3) is 0 Å². The van der Waals surface area contributed by atoms with E-state index in [-0.39, 0.29) is 5.56 Å². The Labute approximate surface area is 141 Å². The number of rotatable bonds is 5. The van der Waals surface area contributed by atoms with Gasteiger partial charge >= 0.3 is 7.60 Å². The van der Waals surface area contributed by atoms with E-state index in [0.29, 0.717) is 16.4 Å². The van der Waals surface area contributed by atoms with Crippen LogP contribution in [0.15, 0.2) is 42.5 Å². The number of halogens is 1. The average Bonchev–Trinajstić information content (AvgIpc) is 2.94. The van der Waals surface area contributed by atoms with E-state index in [1.807, 2.05) is 0 Å². The van der Waals surface area contributed by atoms with Crippen molar-refractivity contribution >= 4 is 34.3 Å². The highest BCUT2D eigenvalue weighted by molar-refractivity contribution is 7.52. The lowest BCUT2D eigenvalue weighted by molar-refractivity contribution is 0.363. The highest BCUT2D eigenvalue weighted by Gasteiger charge is 2.31. The molecule has 1 aromatic heterocycles. The number of ether oxygens (including phenoxy) is 1. The molecule has 1 heterocycles. The molecule has 3 N–H and O–H groups in total. The molecule has 3 aromatic rings. The molecule has 6 nitrogen and oxygen atoms in total.